The van der Waals surface area contributed by atoms with E-state index in [0.29, 0.717) is 0 Å². The van der Waals surface area contributed by atoms with Crippen molar-refractivity contribution in [1.82, 2.24) is 4.57 Å². The minimum atomic E-state index is -1.14. The number of nitrogens with zero attached hydrogens (tertiary/aromatic N) is 4. The van der Waals surface area contributed by atoms with Gasteiger partial charge in [-0.1, -0.05) is 0 Å². The van der Waals surface area contributed by atoms with Gasteiger partial charge in [0.05, 0.1) is 16.9 Å². The normalized spacial score (nSPS) is 9.93. The van der Waals surface area contributed by atoms with E-state index in [-0.39, 0.29) is 0 Å². The van der Waals surface area contributed by atoms with Gasteiger partial charge in [-0.05, 0) is 4.92 Å². The third-order valence-corrected chi connectivity index (χ3v) is 1.66. The van der Waals surface area contributed by atoms with Gasteiger partial charge in [-0.2, -0.15) is 0 Å². The predicted octanol–water partition coefficient (Wildman–Crippen LogP) is 0.750. The molecule has 0 unspecified atom stereocenters. The number of aryl methyl sites for hydroxylation is 1. The van der Waals surface area contributed by atoms with Gasteiger partial charge in [-0.25, -0.2) is 4.57 Å². The van der Waals surface area contributed by atoms with Crippen molar-refractivity contribution < 1.29 is 14.8 Å². The van der Waals surface area contributed by atoms with Crippen LogP contribution >= 0.6 is 0 Å². The Morgan fingerprint density at radius 1 is 1.07 bits per heavy atom. The molecule has 0 amide bonds. The van der Waals surface area contributed by atoms with E-state index in [2.05, 4.69) is 0 Å². The number of nitro groups is 3. The summed E-state index contributed by atoms with van der Waals surface area (Å²) >= 11 is 0. The minimum Gasteiger partial charge on any atom is -0.358 e. The highest BCUT2D eigenvalue weighted by Crippen LogP contribution is 2.37. The predicted molar refractivity (Wildman–Crippen MR) is 45.4 cm³/mol. The van der Waals surface area contributed by atoms with Gasteiger partial charge >= 0.3 is 17.2 Å². The van der Waals surface area contributed by atoms with Crippen LogP contribution in [-0.2, 0) is 7.05 Å². The van der Waals surface area contributed by atoms with Crippen LogP contribution in [-0.4, -0.2) is 19.3 Å². The molecular formula is C5H4N4O6. The molecule has 15 heavy (non-hydrogen) atoms. The lowest BCUT2D eigenvalue weighted by Gasteiger charge is -1.92. The summed E-state index contributed by atoms with van der Waals surface area (Å²) in [5.41, 5.74) is -2.00. The van der Waals surface area contributed by atoms with Crippen molar-refractivity contribution in [1.29, 1.82) is 0 Å². The van der Waals surface area contributed by atoms with E-state index in [1.807, 2.05) is 0 Å². The summed E-state index contributed by atoms with van der Waals surface area (Å²) in [5.74, 6) is -0.910. The van der Waals surface area contributed by atoms with Gasteiger partial charge < -0.3 is 10.1 Å². The molecule has 1 rings (SSSR count). The lowest BCUT2D eigenvalue weighted by molar-refractivity contribution is -0.440. The Kier molecular flexibility index (Phi) is 2.34. The van der Waals surface area contributed by atoms with Gasteiger partial charge in [-0.3, -0.25) is 20.2 Å². The molecule has 0 saturated heterocycles. The molecule has 1 aromatic heterocycles. The SMILES string of the molecule is Cn1cc([N+](=O)[O-])c([N+](=O)[O-])c1[N+](=O)[O-]. The van der Waals surface area contributed by atoms with Gasteiger partial charge in [0.15, 0.2) is 6.20 Å². The van der Waals surface area contributed by atoms with Crippen molar-refractivity contribution in [3.8, 4) is 0 Å². The van der Waals surface area contributed by atoms with Crippen LogP contribution in [0.4, 0.5) is 17.2 Å². The van der Waals surface area contributed by atoms with Gasteiger partial charge in [-0.15, -0.1) is 0 Å². The van der Waals surface area contributed by atoms with E-state index in [0.717, 1.165) is 17.8 Å². The van der Waals surface area contributed by atoms with Crippen LogP contribution in [0.1, 0.15) is 0 Å². The van der Waals surface area contributed by atoms with Crippen molar-refractivity contribution in [2.45, 2.75) is 0 Å². The van der Waals surface area contributed by atoms with Gasteiger partial charge in [0, 0.05) is 0 Å². The fourth-order valence-electron chi connectivity index (χ4n) is 1.11. The summed E-state index contributed by atoms with van der Waals surface area (Å²) in [5, 5.41) is 31.3. The molecule has 0 fully saturated rings. The third kappa shape index (κ3) is 1.59. The van der Waals surface area contributed by atoms with E-state index < -0.39 is 32.0 Å². The molecule has 0 spiro atoms. The van der Waals surface area contributed by atoms with E-state index in [1.165, 1.54) is 0 Å². The standard InChI is InChI=1S/C5H4N4O6/c1-6-2-3(7(10)11)4(8(12)13)5(6)9(14)15/h2H,1H3. The summed E-state index contributed by atoms with van der Waals surface area (Å²) in [7, 11) is 1.12. The largest absolute Gasteiger partial charge is 0.441 e. The zero-order chi connectivity index (χ0) is 11.7. The average Bonchev–Trinajstić information content (AvgIpc) is 2.42. The number of aromatic nitrogens is 1. The number of hydrogen-bond donors (Lipinski definition) is 0. The first-order chi connectivity index (χ1) is 6.86. The molecule has 80 valence electrons. The maximum atomic E-state index is 10.4. The summed E-state index contributed by atoms with van der Waals surface area (Å²) in [6, 6.07) is 0. The molecule has 0 radical (unpaired) electrons. The summed E-state index contributed by atoms with van der Waals surface area (Å²) in [6.07, 6.45) is 0.732. The van der Waals surface area contributed by atoms with Crippen LogP contribution in [0.25, 0.3) is 0 Å². The number of hydrogen-bond acceptors (Lipinski definition) is 6. The highest BCUT2D eigenvalue weighted by molar-refractivity contribution is 5.64. The van der Waals surface area contributed by atoms with Crippen molar-refractivity contribution in [3.63, 3.8) is 0 Å². The molecule has 0 atom stereocenters. The van der Waals surface area contributed by atoms with Crippen molar-refractivity contribution in [2.24, 2.45) is 7.05 Å². The Balaban J connectivity index is 3.59. The smallest absolute Gasteiger partial charge is 0.358 e. The zero-order valence-corrected chi connectivity index (χ0v) is 7.32. The third-order valence-electron chi connectivity index (χ3n) is 1.66. The summed E-state index contributed by atoms with van der Waals surface area (Å²) in [6.45, 7) is 0. The molecule has 10 heteroatoms. The van der Waals surface area contributed by atoms with E-state index in [4.69, 9.17) is 0 Å². The maximum Gasteiger partial charge on any atom is 0.441 e. The van der Waals surface area contributed by atoms with Gasteiger partial charge in [0.25, 0.3) is 0 Å². The Bertz CT molecular complexity index is 462. The van der Waals surface area contributed by atoms with E-state index in [9.17, 15) is 30.3 Å². The first-order valence-corrected chi connectivity index (χ1v) is 3.48. The van der Waals surface area contributed by atoms with E-state index in [1.54, 1.807) is 0 Å². The first-order valence-electron chi connectivity index (χ1n) is 3.48. The van der Waals surface area contributed by atoms with Crippen LogP contribution in [0.15, 0.2) is 6.20 Å². The molecule has 1 heterocycles. The molecule has 10 nitrogen and oxygen atoms in total. The molecule has 0 bridgehead atoms. The van der Waals surface area contributed by atoms with Crippen LogP contribution in [0, 0.1) is 30.3 Å². The first kappa shape index (κ1) is 10.6. The lowest BCUT2D eigenvalue weighted by Crippen LogP contribution is -2.00. The summed E-state index contributed by atoms with van der Waals surface area (Å²) in [4.78, 5) is 28.1. The van der Waals surface area contributed by atoms with Gasteiger partial charge in [0.2, 0.25) is 0 Å². The van der Waals surface area contributed by atoms with Crippen molar-refractivity contribution >= 4 is 17.2 Å². The molecule has 0 aliphatic heterocycles. The number of rotatable bonds is 3. The molecule has 0 N–H and O–H groups in total. The molecule has 0 aliphatic rings. The molecule has 1 aromatic rings. The monoisotopic (exact) mass is 216 g/mol. The zero-order valence-electron chi connectivity index (χ0n) is 7.32. The maximum absolute atomic E-state index is 10.4. The quantitative estimate of drug-likeness (QED) is 0.540. The Labute approximate surface area is 81.2 Å². The van der Waals surface area contributed by atoms with Crippen molar-refractivity contribution in [3.05, 3.63) is 36.5 Å². The Morgan fingerprint density at radius 2 is 1.60 bits per heavy atom. The lowest BCUT2D eigenvalue weighted by atomic mass is 10.4. The van der Waals surface area contributed by atoms with E-state index >= 15 is 0 Å². The Morgan fingerprint density at radius 3 is 1.93 bits per heavy atom. The molecule has 0 aromatic carbocycles. The average molecular weight is 216 g/mol. The molecule has 0 saturated carbocycles. The second kappa shape index (κ2) is 3.32. The topological polar surface area (TPSA) is 134 Å². The highest BCUT2D eigenvalue weighted by atomic mass is 16.6. The fraction of sp³-hybridized carbons (Fsp3) is 0.200. The highest BCUT2D eigenvalue weighted by Gasteiger charge is 2.40. The van der Waals surface area contributed by atoms with Crippen LogP contribution < -0.4 is 0 Å². The molecular weight excluding hydrogens is 212 g/mol. The second-order valence-corrected chi connectivity index (χ2v) is 2.57. The molecule has 0 aliphatic carbocycles. The fourth-order valence-corrected chi connectivity index (χ4v) is 1.11. The van der Waals surface area contributed by atoms with Crippen LogP contribution in [0.3, 0.4) is 0 Å². The van der Waals surface area contributed by atoms with Gasteiger partial charge in [0.1, 0.15) is 0 Å². The minimum absolute atomic E-state index is 0.732. The Hall–Kier alpha value is -2.52. The van der Waals surface area contributed by atoms with Crippen LogP contribution in [0.2, 0.25) is 0 Å². The van der Waals surface area contributed by atoms with Crippen molar-refractivity contribution in [2.75, 3.05) is 0 Å². The van der Waals surface area contributed by atoms with Crippen LogP contribution in [0.5, 0.6) is 0 Å². The summed E-state index contributed by atoms with van der Waals surface area (Å²) < 4.78 is 0.732. The second-order valence-electron chi connectivity index (χ2n) is 2.57.